The van der Waals surface area contributed by atoms with Gasteiger partial charge in [-0.1, -0.05) is 0 Å². The van der Waals surface area contributed by atoms with Gasteiger partial charge in [0.1, 0.15) is 0 Å². The van der Waals surface area contributed by atoms with E-state index in [1.165, 1.54) is 21.3 Å². The number of halogens is 1. The predicted molar refractivity (Wildman–Crippen MR) is 65.9 cm³/mol. The Morgan fingerprint density at radius 3 is 2.26 bits per heavy atom. The molecular weight excluding hydrogens is 253 g/mol. The molecule has 0 aromatic heterocycles. The summed E-state index contributed by atoms with van der Waals surface area (Å²) in [6.07, 6.45) is 0. The number of hydrogen-bond acceptors (Lipinski definition) is 4. The Hall–Kier alpha value is -2.29. The minimum Gasteiger partial charge on any atom is -0.492 e. The molecule has 1 aromatic rings. The minimum atomic E-state index is -0.777. The van der Waals surface area contributed by atoms with Gasteiger partial charge in [-0.05, 0) is 6.92 Å². The Morgan fingerprint density at radius 2 is 1.84 bits per heavy atom. The number of methoxy groups -OCH3 is 3. The molecule has 19 heavy (non-hydrogen) atoms. The highest BCUT2D eigenvalue weighted by atomic mass is 19.1. The molecule has 0 unspecified atom stereocenters. The molecule has 0 saturated heterocycles. The van der Waals surface area contributed by atoms with Gasteiger partial charge in [0.25, 0.3) is 0 Å². The van der Waals surface area contributed by atoms with Crippen LogP contribution in [0.5, 0.6) is 11.5 Å². The van der Waals surface area contributed by atoms with Crippen molar-refractivity contribution in [3.05, 3.63) is 33.9 Å². The Balaban J connectivity index is 3.74. The van der Waals surface area contributed by atoms with E-state index >= 15 is 0 Å². The van der Waals surface area contributed by atoms with E-state index in [2.05, 4.69) is 9.58 Å². The van der Waals surface area contributed by atoms with Crippen LogP contribution in [0.4, 0.5) is 4.39 Å². The zero-order chi connectivity index (χ0) is 14.6. The summed E-state index contributed by atoms with van der Waals surface area (Å²) in [6, 6.07) is 0. The molecule has 0 N–H and O–H groups in total. The number of nitrogens with zero attached hydrogens (tertiary/aromatic N) is 1. The molecule has 102 valence electrons. The molecule has 0 amide bonds. The molecule has 0 saturated carbocycles. The van der Waals surface area contributed by atoms with Gasteiger partial charge in [-0.2, -0.15) is 0 Å². The fraction of sp³-hybridized carbons (Fsp3) is 0.385. The van der Waals surface area contributed by atoms with Gasteiger partial charge in [0, 0.05) is 5.56 Å². The fourth-order valence-corrected chi connectivity index (χ4v) is 1.89. The molecule has 1 aromatic carbocycles. The van der Waals surface area contributed by atoms with Crippen LogP contribution in [-0.2, 0) is 11.3 Å². The van der Waals surface area contributed by atoms with E-state index in [9.17, 15) is 9.18 Å². The van der Waals surface area contributed by atoms with E-state index in [-0.39, 0.29) is 29.2 Å². The smallest absolute Gasteiger partial charge is 0.338 e. The van der Waals surface area contributed by atoms with Crippen molar-refractivity contribution >= 4 is 5.97 Å². The number of esters is 1. The first-order valence-corrected chi connectivity index (χ1v) is 5.37. The van der Waals surface area contributed by atoms with Crippen LogP contribution in [0.25, 0.3) is 4.85 Å². The summed E-state index contributed by atoms with van der Waals surface area (Å²) in [6.45, 7) is 8.17. The molecule has 5 nitrogen and oxygen atoms in total. The molecule has 0 bridgehead atoms. The van der Waals surface area contributed by atoms with Crippen LogP contribution in [0.3, 0.4) is 0 Å². The third-order valence-electron chi connectivity index (χ3n) is 2.72. The zero-order valence-electron chi connectivity index (χ0n) is 11.2. The number of benzene rings is 1. The van der Waals surface area contributed by atoms with Crippen molar-refractivity contribution in [2.75, 3.05) is 21.3 Å². The van der Waals surface area contributed by atoms with Gasteiger partial charge in [0.15, 0.2) is 17.3 Å². The Kier molecular flexibility index (Phi) is 4.70. The van der Waals surface area contributed by atoms with E-state index in [1.54, 1.807) is 6.92 Å². The average Bonchev–Trinajstić information content (AvgIpc) is 2.41. The summed E-state index contributed by atoms with van der Waals surface area (Å²) < 4.78 is 28.9. The maximum Gasteiger partial charge on any atom is 0.338 e. The van der Waals surface area contributed by atoms with Crippen molar-refractivity contribution < 1.29 is 23.4 Å². The summed E-state index contributed by atoms with van der Waals surface area (Å²) in [5.74, 6) is -1.49. The zero-order valence-corrected chi connectivity index (χ0v) is 11.2. The monoisotopic (exact) mass is 267 g/mol. The van der Waals surface area contributed by atoms with Crippen molar-refractivity contribution in [3.63, 3.8) is 0 Å². The quantitative estimate of drug-likeness (QED) is 0.620. The molecule has 0 aliphatic heterocycles. The van der Waals surface area contributed by atoms with Gasteiger partial charge in [-0.15, -0.1) is 0 Å². The van der Waals surface area contributed by atoms with E-state index in [0.717, 1.165) is 0 Å². The van der Waals surface area contributed by atoms with E-state index in [0.29, 0.717) is 5.56 Å². The normalized spacial score (nSPS) is 9.68. The lowest BCUT2D eigenvalue weighted by molar-refractivity contribution is 0.0597. The topological polar surface area (TPSA) is 49.1 Å². The molecule has 6 heteroatoms. The maximum atomic E-state index is 14.3. The van der Waals surface area contributed by atoms with Crippen LogP contribution in [0, 0.1) is 19.3 Å². The molecule has 0 heterocycles. The van der Waals surface area contributed by atoms with E-state index in [4.69, 9.17) is 16.0 Å². The van der Waals surface area contributed by atoms with E-state index in [1.807, 2.05) is 0 Å². The van der Waals surface area contributed by atoms with Crippen molar-refractivity contribution in [2.24, 2.45) is 0 Å². The lowest BCUT2D eigenvalue weighted by Gasteiger charge is -2.16. The highest BCUT2D eigenvalue weighted by Gasteiger charge is 2.29. The first-order valence-electron chi connectivity index (χ1n) is 5.37. The molecule has 0 fully saturated rings. The number of hydrogen-bond donors (Lipinski definition) is 0. The summed E-state index contributed by atoms with van der Waals surface area (Å²) in [5.41, 5.74) is 0.344. The Bertz CT molecular complexity index is 549. The van der Waals surface area contributed by atoms with Gasteiger partial charge >= 0.3 is 5.97 Å². The standard InChI is InChI=1S/C13H14FNO4/c1-7-9(13(16)19-5)8(6-15-2)10(14)12(18-4)11(7)17-3/h6H2,1,3-5H3. The first kappa shape index (κ1) is 14.8. The summed E-state index contributed by atoms with van der Waals surface area (Å²) in [4.78, 5) is 14.9. The highest BCUT2D eigenvalue weighted by molar-refractivity contribution is 5.94. The number of ether oxygens (including phenoxy) is 3. The van der Waals surface area contributed by atoms with Gasteiger partial charge in [-0.3, -0.25) is 0 Å². The van der Waals surface area contributed by atoms with Crippen LogP contribution in [0.1, 0.15) is 21.5 Å². The number of carbonyl (C=O) groups excluding carboxylic acids is 1. The summed E-state index contributed by atoms with van der Waals surface area (Å²) in [5, 5.41) is 0. The predicted octanol–water partition coefficient (Wildman–Crippen LogP) is 2.36. The highest BCUT2D eigenvalue weighted by Crippen LogP contribution is 2.39. The SMILES string of the molecule is [C-]#[N+]Cc1c(F)c(OC)c(OC)c(C)c1C(=O)OC. The molecule has 0 spiro atoms. The minimum absolute atomic E-state index is 0.00801. The maximum absolute atomic E-state index is 14.3. The number of rotatable bonds is 4. The molecular formula is C13H14FNO4. The average molecular weight is 267 g/mol. The van der Waals surface area contributed by atoms with Crippen molar-refractivity contribution in [1.82, 2.24) is 0 Å². The molecule has 0 aliphatic rings. The van der Waals surface area contributed by atoms with Crippen LogP contribution in [0.15, 0.2) is 0 Å². The molecule has 0 aliphatic carbocycles. The Labute approximate surface area is 110 Å². The van der Waals surface area contributed by atoms with Crippen molar-refractivity contribution in [3.8, 4) is 11.5 Å². The van der Waals surface area contributed by atoms with Gasteiger partial charge in [0.2, 0.25) is 6.54 Å². The largest absolute Gasteiger partial charge is 0.492 e. The van der Waals surface area contributed by atoms with Crippen LogP contribution in [-0.4, -0.2) is 27.3 Å². The lowest BCUT2D eigenvalue weighted by Crippen LogP contribution is -2.12. The van der Waals surface area contributed by atoms with Crippen LogP contribution < -0.4 is 9.47 Å². The van der Waals surface area contributed by atoms with Crippen molar-refractivity contribution in [1.29, 1.82) is 0 Å². The van der Waals surface area contributed by atoms with E-state index < -0.39 is 11.8 Å². The van der Waals surface area contributed by atoms with Crippen molar-refractivity contribution in [2.45, 2.75) is 13.5 Å². The second-order valence-corrected chi connectivity index (χ2v) is 3.67. The molecule has 0 atom stereocenters. The molecule has 0 radical (unpaired) electrons. The number of carbonyl (C=O) groups is 1. The van der Waals surface area contributed by atoms with Gasteiger partial charge in [0.05, 0.1) is 32.5 Å². The third-order valence-corrected chi connectivity index (χ3v) is 2.72. The van der Waals surface area contributed by atoms with Gasteiger partial charge < -0.3 is 19.1 Å². The second kappa shape index (κ2) is 6.05. The lowest BCUT2D eigenvalue weighted by atomic mass is 9.99. The fourth-order valence-electron chi connectivity index (χ4n) is 1.89. The first-order chi connectivity index (χ1) is 9.03. The third kappa shape index (κ3) is 2.45. The molecule has 1 rings (SSSR count). The Morgan fingerprint density at radius 1 is 1.26 bits per heavy atom. The van der Waals surface area contributed by atoms with Crippen LogP contribution >= 0.6 is 0 Å². The second-order valence-electron chi connectivity index (χ2n) is 3.67. The summed E-state index contributed by atoms with van der Waals surface area (Å²) >= 11 is 0. The van der Waals surface area contributed by atoms with Crippen LogP contribution in [0.2, 0.25) is 0 Å². The van der Waals surface area contributed by atoms with Gasteiger partial charge in [-0.25, -0.2) is 15.8 Å². The summed E-state index contributed by atoms with van der Waals surface area (Å²) in [7, 11) is 3.83.